The lowest BCUT2D eigenvalue weighted by molar-refractivity contribution is -0.870. The predicted octanol–water partition coefficient (Wildman–Crippen LogP) is 18.4. The van der Waals surface area contributed by atoms with Crippen LogP contribution >= 0.6 is 7.82 Å². The van der Waals surface area contributed by atoms with E-state index in [0.717, 1.165) is 96.3 Å². The number of allylic oxidation sites excluding steroid dienone is 25. The lowest BCUT2D eigenvalue weighted by Crippen LogP contribution is -2.47. The van der Waals surface area contributed by atoms with E-state index in [1.807, 2.05) is 94.1 Å². The third-order valence-electron chi connectivity index (χ3n) is 12.1. The fourth-order valence-electron chi connectivity index (χ4n) is 7.56. The van der Waals surface area contributed by atoms with Gasteiger partial charge in [-0.3, -0.25) is 18.6 Å². The third-order valence-corrected chi connectivity index (χ3v) is 13.1. The highest BCUT2D eigenvalue weighted by Gasteiger charge is 2.30. The molecule has 0 radical (unpaired) electrons. The molecule has 0 bridgehead atoms. The van der Waals surface area contributed by atoms with E-state index in [4.69, 9.17) is 13.8 Å². The molecule has 0 aliphatic heterocycles. The number of amides is 1. The number of carbonyl (C=O) groups is 2. The molecule has 0 aromatic rings. The number of nitrogens with zero attached hydrogens (tertiary/aromatic N) is 1. The van der Waals surface area contributed by atoms with Crippen molar-refractivity contribution in [1.29, 1.82) is 0 Å². The molecule has 0 rings (SSSR count). The number of hydrogen-bond acceptors (Lipinski definition) is 6. The normalized spacial score (nSPS) is 14.8. The largest absolute Gasteiger partial charge is 0.472 e. The average Bonchev–Trinajstić information content (AvgIpc) is 3.39. The van der Waals surface area contributed by atoms with Crippen LogP contribution in [0.4, 0.5) is 0 Å². The van der Waals surface area contributed by atoms with Crippen molar-refractivity contribution in [2.24, 2.45) is 0 Å². The van der Waals surface area contributed by atoms with Gasteiger partial charge in [0, 0.05) is 12.8 Å². The molecular formula is C67H110N2O7P+. The first kappa shape index (κ1) is 72.6. The van der Waals surface area contributed by atoms with Gasteiger partial charge in [-0.05, 0) is 102 Å². The van der Waals surface area contributed by atoms with Crippen LogP contribution in [0.2, 0.25) is 0 Å². The summed E-state index contributed by atoms with van der Waals surface area (Å²) in [5.41, 5.74) is 0. The molecule has 0 saturated carbocycles. The lowest BCUT2D eigenvalue weighted by Gasteiger charge is -2.27. The fraction of sp³-hybridized carbons (Fsp3) is 0.582. The molecule has 0 aliphatic rings. The number of phosphoric acid groups is 1. The smallest absolute Gasteiger partial charge is 0.456 e. The Morgan fingerprint density at radius 3 is 1.42 bits per heavy atom. The summed E-state index contributed by atoms with van der Waals surface area (Å²) < 4.78 is 30.6. The van der Waals surface area contributed by atoms with Crippen molar-refractivity contribution >= 4 is 19.7 Å². The maximum Gasteiger partial charge on any atom is 0.472 e. The predicted molar refractivity (Wildman–Crippen MR) is 332 cm³/mol. The first-order valence-electron chi connectivity index (χ1n) is 29.9. The van der Waals surface area contributed by atoms with E-state index in [2.05, 4.69) is 111 Å². The SMILES string of the molecule is CC\C=C/C=C/C=C/C=C\C=C\C=C\CCCCCC(=O)NC(COP(=O)(O)OCC[N+](C)(C)C)C(/C=C/CCCCCCCCCCCCC)OC(=O)CCCC/C=C\C/C=C\C/C=C\C/C=C\C/C=C\C/C=C\CC. The molecule has 3 unspecified atom stereocenters. The van der Waals surface area contributed by atoms with Crippen LogP contribution in [0.1, 0.15) is 201 Å². The van der Waals surface area contributed by atoms with Crippen molar-refractivity contribution in [2.45, 2.75) is 213 Å². The van der Waals surface area contributed by atoms with Gasteiger partial charge in [0.1, 0.15) is 19.3 Å². The minimum Gasteiger partial charge on any atom is -0.456 e. The fourth-order valence-corrected chi connectivity index (χ4v) is 8.30. The summed E-state index contributed by atoms with van der Waals surface area (Å²) in [4.78, 5) is 37.7. The van der Waals surface area contributed by atoms with E-state index in [0.29, 0.717) is 23.9 Å². The minimum absolute atomic E-state index is 0.0138. The second-order valence-corrected chi connectivity index (χ2v) is 22.0. The topological polar surface area (TPSA) is 111 Å². The first-order valence-corrected chi connectivity index (χ1v) is 31.4. The van der Waals surface area contributed by atoms with E-state index in [9.17, 15) is 19.0 Å². The van der Waals surface area contributed by atoms with E-state index in [1.54, 1.807) is 0 Å². The quantitative estimate of drug-likeness (QED) is 0.0156. The Morgan fingerprint density at radius 1 is 0.481 bits per heavy atom. The van der Waals surface area contributed by atoms with Gasteiger partial charge in [0.2, 0.25) is 5.91 Å². The zero-order valence-corrected chi connectivity index (χ0v) is 50.3. The van der Waals surface area contributed by atoms with Gasteiger partial charge < -0.3 is 19.4 Å². The lowest BCUT2D eigenvalue weighted by atomic mass is 10.0. The number of unbranched alkanes of at least 4 members (excludes halogenated alkanes) is 16. The molecule has 9 nitrogen and oxygen atoms in total. The van der Waals surface area contributed by atoms with Crippen molar-refractivity contribution in [3.8, 4) is 0 Å². The van der Waals surface area contributed by atoms with Crippen LogP contribution in [0.15, 0.2) is 158 Å². The molecular weight excluding hydrogens is 976 g/mol. The standard InChI is InChI=1S/C67H109N2O7P/c1-7-10-13-16-19-22-25-28-30-32-33-34-35-37-39-42-45-48-51-54-57-60-67(71)76-65(58-55-52-49-46-43-40-27-24-21-18-15-12-9-3)64(63-75-77(72,73)74-62-61-69(4,5)6)68-66(70)59-56-53-50-47-44-41-38-36-31-29-26-23-20-17-14-11-8-2/h10-11,13-14,17,19-20,22-23,26,28-31,33-34,36-39,41,44-45,48,55,58,64-65H,7-9,12,15-16,18,21,24-25,27,32,35,40,42-43,46-47,49-54,56-57,59-63H2,1-6H3,(H-,68,70,72,73)/p+1/b13-10-,14-11-,20-17+,22-19-,26-23+,30-28-,31-29-,34-33-,38-36+,39-37-,44-41+,48-45-,58-55+. The Balaban J connectivity index is 5.52. The Labute approximate surface area is 471 Å². The molecule has 2 N–H and O–H groups in total. The van der Waals surface area contributed by atoms with Gasteiger partial charge in [0.05, 0.1) is 33.8 Å². The molecule has 10 heteroatoms. The third kappa shape index (κ3) is 56.2. The summed E-state index contributed by atoms with van der Waals surface area (Å²) in [6, 6.07) is -0.903. The maximum absolute atomic E-state index is 13.5. The molecule has 0 aromatic heterocycles. The second-order valence-electron chi connectivity index (χ2n) is 20.6. The van der Waals surface area contributed by atoms with Crippen LogP contribution in [0.3, 0.4) is 0 Å². The molecule has 434 valence electrons. The molecule has 0 saturated heterocycles. The number of rotatable bonds is 51. The van der Waals surface area contributed by atoms with E-state index in [-0.39, 0.29) is 37.9 Å². The summed E-state index contributed by atoms with van der Waals surface area (Å²) in [6.45, 7) is 6.65. The molecule has 0 fully saturated rings. The summed E-state index contributed by atoms with van der Waals surface area (Å²) in [6.07, 6.45) is 81.0. The number of nitrogens with one attached hydrogen (secondary N) is 1. The monoisotopic (exact) mass is 1090 g/mol. The average molecular weight is 1090 g/mol. The van der Waals surface area contributed by atoms with Crippen LogP contribution < -0.4 is 5.32 Å². The zero-order chi connectivity index (χ0) is 56.4. The van der Waals surface area contributed by atoms with Crippen molar-refractivity contribution in [3.05, 3.63) is 158 Å². The summed E-state index contributed by atoms with van der Waals surface area (Å²) >= 11 is 0. The van der Waals surface area contributed by atoms with Gasteiger partial charge in [0.15, 0.2) is 0 Å². The van der Waals surface area contributed by atoms with Crippen LogP contribution in [0, 0.1) is 0 Å². The Kier molecular flexibility index (Phi) is 51.8. The van der Waals surface area contributed by atoms with E-state index < -0.39 is 20.0 Å². The number of esters is 1. The zero-order valence-electron chi connectivity index (χ0n) is 49.4. The van der Waals surface area contributed by atoms with Crippen LogP contribution in [-0.2, 0) is 27.9 Å². The van der Waals surface area contributed by atoms with Gasteiger partial charge in [-0.1, -0.05) is 243 Å². The van der Waals surface area contributed by atoms with Gasteiger partial charge in [0.25, 0.3) is 0 Å². The van der Waals surface area contributed by atoms with Crippen molar-refractivity contribution < 1.29 is 37.3 Å². The Morgan fingerprint density at radius 2 is 0.896 bits per heavy atom. The Bertz CT molecular complexity index is 1870. The number of hydrogen-bond donors (Lipinski definition) is 2. The van der Waals surface area contributed by atoms with Gasteiger partial charge in [-0.2, -0.15) is 0 Å². The number of quaternary nitrogens is 1. The van der Waals surface area contributed by atoms with Gasteiger partial charge >= 0.3 is 13.8 Å². The molecule has 0 spiro atoms. The molecule has 0 heterocycles. The minimum atomic E-state index is -4.48. The summed E-state index contributed by atoms with van der Waals surface area (Å²) in [5.74, 6) is -0.623. The van der Waals surface area contributed by atoms with Crippen molar-refractivity contribution in [2.75, 3.05) is 40.9 Å². The van der Waals surface area contributed by atoms with Crippen LogP contribution in [0.25, 0.3) is 0 Å². The van der Waals surface area contributed by atoms with Gasteiger partial charge in [-0.25, -0.2) is 4.57 Å². The number of carbonyl (C=O) groups excluding carboxylic acids is 2. The maximum atomic E-state index is 13.5. The Hall–Kier alpha value is -4.37. The van der Waals surface area contributed by atoms with E-state index in [1.165, 1.54) is 57.8 Å². The summed E-state index contributed by atoms with van der Waals surface area (Å²) in [5, 5.41) is 3.01. The highest BCUT2D eigenvalue weighted by atomic mass is 31.2. The molecule has 1 amide bonds. The molecule has 0 aliphatic carbocycles. The molecule has 3 atom stereocenters. The number of ether oxygens (including phenoxy) is 1. The highest BCUT2D eigenvalue weighted by molar-refractivity contribution is 7.47. The molecule has 0 aromatic carbocycles. The molecule has 77 heavy (non-hydrogen) atoms. The van der Waals surface area contributed by atoms with Crippen LogP contribution in [-0.4, -0.2) is 74.3 Å². The summed E-state index contributed by atoms with van der Waals surface area (Å²) in [7, 11) is 1.41. The van der Waals surface area contributed by atoms with Crippen molar-refractivity contribution in [1.82, 2.24) is 5.32 Å². The second kappa shape index (κ2) is 55.0. The highest BCUT2D eigenvalue weighted by Crippen LogP contribution is 2.43. The first-order chi connectivity index (χ1) is 37.4. The van der Waals surface area contributed by atoms with Crippen molar-refractivity contribution in [3.63, 3.8) is 0 Å². The number of likely N-dealkylation sites (N-methyl/N-ethyl adjacent to an activating group) is 1. The van der Waals surface area contributed by atoms with E-state index >= 15 is 0 Å². The van der Waals surface area contributed by atoms with Crippen LogP contribution in [0.5, 0.6) is 0 Å². The van der Waals surface area contributed by atoms with Gasteiger partial charge in [-0.15, -0.1) is 0 Å². The number of phosphoric ester groups is 1.